The number of carbonyl (C=O) groups is 4. The van der Waals surface area contributed by atoms with Crippen molar-refractivity contribution in [3.63, 3.8) is 0 Å². The molecule has 1 heterocycles. The molecule has 1 aliphatic heterocycles. The summed E-state index contributed by atoms with van der Waals surface area (Å²) in [6.45, 7) is 0. The van der Waals surface area contributed by atoms with Crippen LogP contribution in [0.25, 0.3) is 0 Å². The first-order chi connectivity index (χ1) is 12.5. The second-order valence-corrected chi connectivity index (χ2v) is 6.76. The third-order valence-electron chi connectivity index (χ3n) is 5.49. The van der Waals surface area contributed by atoms with Crippen LogP contribution in [0, 0.1) is 23.7 Å². The number of ether oxygens (including phenoxy) is 2. The van der Waals surface area contributed by atoms with Gasteiger partial charge in [-0.2, -0.15) is 0 Å². The number of hydrogen-bond acceptors (Lipinski definition) is 6. The molecule has 4 atom stereocenters. The van der Waals surface area contributed by atoms with E-state index in [0.717, 1.165) is 11.3 Å². The van der Waals surface area contributed by atoms with Crippen LogP contribution in [0.4, 0.5) is 5.69 Å². The molecule has 2 amide bonds. The van der Waals surface area contributed by atoms with Crippen molar-refractivity contribution in [3.05, 3.63) is 41.5 Å². The second kappa shape index (κ2) is 5.79. The summed E-state index contributed by atoms with van der Waals surface area (Å²) in [6, 6.07) is 4.10. The molecule has 2 aliphatic carbocycles. The lowest BCUT2D eigenvalue weighted by atomic mass is 9.85. The van der Waals surface area contributed by atoms with Crippen LogP contribution in [0.3, 0.4) is 0 Å². The summed E-state index contributed by atoms with van der Waals surface area (Å²) in [4.78, 5) is 50.8. The van der Waals surface area contributed by atoms with Gasteiger partial charge in [0.25, 0.3) is 0 Å². The van der Waals surface area contributed by atoms with Crippen LogP contribution >= 0.6 is 0 Å². The molecule has 2 bridgehead atoms. The minimum Gasteiger partial charge on any atom is -0.465 e. The first-order valence-electron chi connectivity index (χ1n) is 8.34. The molecular weight excluding hydrogens is 338 g/mol. The smallest absolute Gasteiger partial charge is 0.337 e. The van der Waals surface area contributed by atoms with Crippen molar-refractivity contribution in [2.24, 2.45) is 23.7 Å². The van der Waals surface area contributed by atoms with Gasteiger partial charge < -0.3 is 9.47 Å². The summed E-state index contributed by atoms with van der Waals surface area (Å²) in [5, 5.41) is 0. The Bertz CT molecular complexity index is 809. The Morgan fingerprint density at radius 1 is 0.885 bits per heavy atom. The first kappa shape index (κ1) is 16.5. The lowest BCUT2D eigenvalue weighted by Crippen LogP contribution is -2.33. The van der Waals surface area contributed by atoms with Gasteiger partial charge >= 0.3 is 11.9 Å². The van der Waals surface area contributed by atoms with Crippen LogP contribution in [-0.4, -0.2) is 38.0 Å². The van der Waals surface area contributed by atoms with E-state index < -0.39 is 11.9 Å². The van der Waals surface area contributed by atoms with E-state index in [2.05, 4.69) is 0 Å². The van der Waals surface area contributed by atoms with Crippen LogP contribution in [0.15, 0.2) is 30.4 Å². The molecule has 2 fully saturated rings. The van der Waals surface area contributed by atoms with Crippen molar-refractivity contribution in [3.8, 4) is 0 Å². The van der Waals surface area contributed by atoms with Gasteiger partial charge in [0.2, 0.25) is 11.8 Å². The minimum atomic E-state index is -0.668. The summed E-state index contributed by atoms with van der Waals surface area (Å²) in [5.41, 5.74) is 0.338. The predicted molar refractivity (Wildman–Crippen MR) is 89.3 cm³/mol. The molecule has 1 aromatic rings. The number of amides is 2. The summed E-state index contributed by atoms with van der Waals surface area (Å²) in [6.07, 6.45) is 4.84. The van der Waals surface area contributed by atoms with E-state index in [1.165, 1.54) is 32.4 Å². The van der Waals surface area contributed by atoms with Gasteiger partial charge in [-0.25, -0.2) is 14.5 Å². The number of nitrogens with zero attached hydrogens (tertiary/aromatic N) is 1. The van der Waals surface area contributed by atoms with Crippen LogP contribution in [-0.2, 0) is 19.1 Å². The maximum Gasteiger partial charge on any atom is 0.337 e. The Kier molecular flexibility index (Phi) is 3.68. The van der Waals surface area contributed by atoms with Gasteiger partial charge in [0.05, 0.1) is 42.9 Å². The van der Waals surface area contributed by atoms with Crippen molar-refractivity contribution in [1.29, 1.82) is 0 Å². The molecule has 0 aromatic heterocycles. The van der Waals surface area contributed by atoms with Crippen LogP contribution in [0.1, 0.15) is 27.1 Å². The quantitative estimate of drug-likeness (QED) is 0.464. The maximum atomic E-state index is 12.9. The monoisotopic (exact) mass is 355 g/mol. The van der Waals surface area contributed by atoms with Gasteiger partial charge in [-0.3, -0.25) is 9.59 Å². The molecule has 7 heteroatoms. The van der Waals surface area contributed by atoms with Crippen LogP contribution < -0.4 is 4.90 Å². The molecule has 1 saturated carbocycles. The fraction of sp³-hybridized carbons (Fsp3) is 0.368. The zero-order chi connectivity index (χ0) is 18.6. The molecule has 3 aliphatic rings. The molecule has 26 heavy (non-hydrogen) atoms. The van der Waals surface area contributed by atoms with Crippen molar-refractivity contribution >= 4 is 29.4 Å². The minimum absolute atomic E-state index is 0.0733. The number of fused-ring (bicyclic) bond motifs is 5. The zero-order valence-corrected chi connectivity index (χ0v) is 14.3. The van der Waals surface area contributed by atoms with E-state index in [4.69, 9.17) is 9.47 Å². The lowest BCUT2D eigenvalue weighted by Gasteiger charge is -2.18. The SMILES string of the molecule is COC(=O)c1cc(C(=O)OC)cc(N2C(=O)[C@@H]3[C@H](C2=O)[C@@H]2C=C[C@@H]3C2)c1. The molecule has 0 unspecified atom stereocenters. The van der Waals surface area contributed by atoms with E-state index in [-0.39, 0.29) is 52.3 Å². The number of anilines is 1. The van der Waals surface area contributed by atoms with E-state index in [1.807, 2.05) is 12.2 Å². The number of hydrogen-bond donors (Lipinski definition) is 0. The molecule has 4 rings (SSSR count). The highest BCUT2D eigenvalue weighted by molar-refractivity contribution is 6.23. The van der Waals surface area contributed by atoms with E-state index >= 15 is 0 Å². The largest absolute Gasteiger partial charge is 0.465 e. The van der Waals surface area contributed by atoms with Gasteiger partial charge in [0, 0.05) is 0 Å². The number of rotatable bonds is 3. The van der Waals surface area contributed by atoms with Gasteiger partial charge in [-0.15, -0.1) is 0 Å². The average molecular weight is 355 g/mol. The molecule has 134 valence electrons. The normalized spacial score (nSPS) is 28.5. The summed E-state index contributed by atoms with van der Waals surface area (Å²) >= 11 is 0. The van der Waals surface area contributed by atoms with Crippen molar-refractivity contribution in [2.75, 3.05) is 19.1 Å². The zero-order valence-electron chi connectivity index (χ0n) is 14.3. The highest BCUT2D eigenvalue weighted by Crippen LogP contribution is 2.53. The van der Waals surface area contributed by atoms with E-state index in [1.54, 1.807) is 0 Å². The fourth-order valence-corrected chi connectivity index (χ4v) is 4.37. The molecule has 0 N–H and O–H groups in total. The Labute approximate surface area is 149 Å². The Hall–Kier alpha value is -2.96. The van der Waals surface area contributed by atoms with Gasteiger partial charge in [-0.1, -0.05) is 12.2 Å². The van der Waals surface area contributed by atoms with Gasteiger partial charge in [0.1, 0.15) is 0 Å². The fourth-order valence-electron chi connectivity index (χ4n) is 4.37. The topological polar surface area (TPSA) is 90.0 Å². The van der Waals surface area contributed by atoms with Crippen molar-refractivity contribution < 1.29 is 28.7 Å². The van der Waals surface area contributed by atoms with Crippen molar-refractivity contribution in [1.82, 2.24) is 0 Å². The summed E-state index contributed by atoms with van der Waals surface area (Å²) < 4.78 is 9.41. The second-order valence-electron chi connectivity index (χ2n) is 6.76. The molecule has 1 aromatic carbocycles. The summed E-state index contributed by atoms with van der Waals surface area (Å²) in [5.74, 6) is -2.47. The highest BCUT2D eigenvalue weighted by Gasteiger charge is 2.59. The number of carbonyl (C=O) groups excluding carboxylic acids is 4. The molecule has 0 radical (unpaired) electrons. The van der Waals surface area contributed by atoms with Gasteiger partial charge in [0.15, 0.2) is 0 Å². The molecule has 1 saturated heterocycles. The number of allylic oxidation sites excluding steroid dienone is 2. The first-order valence-corrected chi connectivity index (χ1v) is 8.34. The van der Waals surface area contributed by atoms with Crippen LogP contribution in [0.5, 0.6) is 0 Å². The van der Waals surface area contributed by atoms with Crippen molar-refractivity contribution in [2.45, 2.75) is 6.42 Å². The molecule has 7 nitrogen and oxygen atoms in total. The number of esters is 2. The molecular formula is C19H17NO6. The number of imide groups is 1. The predicted octanol–water partition coefficient (Wildman–Crippen LogP) is 1.57. The highest BCUT2D eigenvalue weighted by atomic mass is 16.5. The van der Waals surface area contributed by atoms with Crippen LogP contribution in [0.2, 0.25) is 0 Å². The Morgan fingerprint density at radius 2 is 1.35 bits per heavy atom. The lowest BCUT2D eigenvalue weighted by molar-refractivity contribution is -0.123. The maximum absolute atomic E-state index is 12.9. The van der Waals surface area contributed by atoms with Gasteiger partial charge in [-0.05, 0) is 36.5 Å². The van der Waals surface area contributed by atoms with E-state index in [0.29, 0.717) is 0 Å². The Morgan fingerprint density at radius 3 is 1.77 bits per heavy atom. The third kappa shape index (κ3) is 2.20. The Balaban J connectivity index is 1.78. The third-order valence-corrected chi connectivity index (χ3v) is 5.49. The number of benzene rings is 1. The standard InChI is InChI=1S/C19H17NO6/c1-25-18(23)11-6-12(19(24)26-2)8-13(7-11)20-16(21)14-9-3-4-10(5-9)15(14)17(20)22/h3-4,6-10,14-15H,5H2,1-2H3/t9-,10-,14-,15+/m1/s1. The number of methoxy groups -OCH3 is 2. The average Bonchev–Trinajstić information content (AvgIpc) is 3.33. The van der Waals surface area contributed by atoms with E-state index in [9.17, 15) is 19.2 Å². The molecule has 0 spiro atoms. The summed E-state index contributed by atoms with van der Waals surface area (Å²) in [7, 11) is 2.43.